The van der Waals surface area contributed by atoms with Crippen molar-refractivity contribution in [1.29, 1.82) is 0 Å². The molecule has 8 nitrogen and oxygen atoms in total. The van der Waals surface area contributed by atoms with E-state index in [4.69, 9.17) is 14.2 Å². The lowest BCUT2D eigenvalue weighted by Gasteiger charge is -2.45. The summed E-state index contributed by atoms with van der Waals surface area (Å²) in [5, 5.41) is 7.06. The van der Waals surface area contributed by atoms with E-state index in [1.807, 2.05) is 91.0 Å². The molecule has 192 valence electrons. The van der Waals surface area contributed by atoms with E-state index >= 15 is 0 Å². The van der Waals surface area contributed by atoms with Gasteiger partial charge in [-0.15, -0.1) is 0 Å². The zero-order valence-corrected chi connectivity index (χ0v) is 20.9. The summed E-state index contributed by atoms with van der Waals surface area (Å²) in [5.74, 6) is -0.191. The zero-order chi connectivity index (χ0) is 25.9. The van der Waals surface area contributed by atoms with Crippen LogP contribution in [0.3, 0.4) is 0 Å². The standard InChI is InChI=1S/C29H32N4O4/c1-21(34)31-25-17-26(32-33-30)28(36-19-23-13-7-3-8-14-23)29(37-20-24-15-9-4-10-16-24)27(25)35-18-22-11-5-2-6-12-22/h2-16,25-29H,17-20H2,1H3,(H,31,34)/t25-,26+,27+,28-,29-/m0/s1. The van der Waals surface area contributed by atoms with Gasteiger partial charge in [-0.25, -0.2) is 0 Å². The molecule has 5 atom stereocenters. The second-order valence-corrected chi connectivity index (χ2v) is 9.10. The summed E-state index contributed by atoms with van der Waals surface area (Å²) >= 11 is 0. The van der Waals surface area contributed by atoms with Crippen molar-refractivity contribution >= 4 is 5.91 Å². The highest BCUT2D eigenvalue weighted by molar-refractivity contribution is 5.73. The third kappa shape index (κ3) is 7.65. The molecular formula is C29H32N4O4. The number of hydrogen-bond acceptors (Lipinski definition) is 5. The van der Waals surface area contributed by atoms with Crippen molar-refractivity contribution in [1.82, 2.24) is 5.32 Å². The number of amides is 1. The highest BCUT2D eigenvalue weighted by Gasteiger charge is 2.47. The first kappa shape index (κ1) is 26.4. The van der Waals surface area contributed by atoms with Crippen molar-refractivity contribution < 1.29 is 19.0 Å². The molecule has 4 rings (SSSR count). The lowest BCUT2D eigenvalue weighted by Crippen LogP contribution is -2.62. The van der Waals surface area contributed by atoms with Gasteiger partial charge >= 0.3 is 0 Å². The molecule has 0 bridgehead atoms. The van der Waals surface area contributed by atoms with E-state index in [1.54, 1.807) is 0 Å². The van der Waals surface area contributed by atoms with Gasteiger partial charge in [0.15, 0.2) is 0 Å². The Morgan fingerprint density at radius 1 is 0.784 bits per heavy atom. The highest BCUT2D eigenvalue weighted by atomic mass is 16.6. The zero-order valence-electron chi connectivity index (χ0n) is 20.9. The third-order valence-electron chi connectivity index (χ3n) is 6.36. The average molecular weight is 501 g/mol. The SMILES string of the molecule is CC(=O)N[C@H]1C[C@@H](N=[N+]=[N-])[C@H](OCc2ccccc2)[C@@H](OCc2ccccc2)[C@@H]1OCc1ccccc1. The Bertz CT molecular complexity index is 1160. The molecule has 37 heavy (non-hydrogen) atoms. The second kappa shape index (κ2) is 13.6. The fourth-order valence-electron chi connectivity index (χ4n) is 4.65. The Hall–Kier alpha value is -3.68. The first-order chi connectivity index (χ1) is 18.1. The van der Waals surface area contributed by atoms with Crippen LogP contribution in [0.15, 0.2) is 96.1 Å². The number of ether oxygens (including phenoxy) is 3. The summed E-state index contributed by atoms with van der Waals surface area (Å²) in [4.78, 5) is 15.2. The quantitative estimate of drug-likeness (QED) is 0.218. The second-order valence-electron chi connectivity index (χ2n) is 9.10. The Labute approximate surface area is 217 Å². The van der Waals surface area contributed by atoms with Crippen LogP contribution in [-0.4, -0.2) is 36.3 Å². The summed E-state index contributed by atoms with van der Waals surface area (Å²) < 4.78 is 19.3. The van der Waals surface area contributed by atoms with Gasteiger partial charge in [0.05, 0.1) is 38.0 Å². The van der Waals surface area contributed by atoms with Gasteiger partial charge in [-0.2, -0.15) is 0 Å². The monoisotopic (exact) mass is 500 g/mol. The Balaban J connectivity index is 1.64. The van der Waals surface area contributed by atoms with Gasteiger partial charge < -0.3 is 19.5 Å². The predicted molar refractivity (Wildman–Crippen MR) is 140 cm³/mol. The minimum atomic E-state index is -0.603. The molecule has 3 aromatic rings. The number of carbonyl (C=O) groups excluding carboxylic acids is 1. The molecule has 1 N–H and O–H groups in total. The van der Waals surface area contributed by atoms with Crippen molar-refractivity contribution in [3.05, 3.63) is 118 Å². The first-order valence-electron chi connectivity index (χ1n) is 12.4. The smallest absolute Gasteiger partial charge is 0.217 e. The minimum Gasteiger partial charge on any atom is -0.370 e. The topological polar surface area (TPSA) is 106 Å². The maximum atomic E-state index is 12.1. The van der Waals surface area contributed by atoms with E-state index in [-0.39, 0.29) is 5.91 Å². The van der Waals surface area contributed by atoms with Crippen LogP contribution in [0.5, 0.6) is 0 Å². The minimum absolute atomic E-state index is 0.191. The molecule has 1 aliphatic carbocycles. The van der Waals surface area contributed by atoms with E-state index in [1.165, 1.54) is 6.92 Å². The molecule has 1 saturated carbocycles. The number of carbonyl (C=O) groups is 1. The predicted octanol–water partition coefficient (Wildman–Crippen LogP) is 5.33. The number of nitrogens with zero attached hydrogens (tertiary/aromatic N) is 3. The molecule has 1 amide bonds. The Morgan fingerprint density at radius 3 is 1.65 bits per heavy atom. The van der Waals surface area contributed by atoms with Crippen LogP contribution in [0.25, 0.3) is 10.4 Å². The highest BCUT2D eigenvalue weighted by Crippen LogP contribution is 2.32. The van der Waals surface area contributed by atoms with Crippen LogP contribution in [0.2, 0.25) is 0 Å². The van der Waals surface area contributed by atoms with Crippen LogP contribution in [-0.2, 0) is 38.8 Å². The largest absolute Gasteiger partial charge is 0.370 e. The molecule has 0 aliphatic heterocycles. The van der Waals surface area contributed by atoms with Gasteiger partial charge in [0.2, 0.25) is 5.91 Å². The van der Waals surface area contributed by atoms with E-state index in [9.17, 15) is 10.3 Å². The molecule has 0 radical (unpaired) electrons. The molecule has 1 fully saturated rings. The van der Waals surface area contributed by atoms with Crippen LogP contribution >= 0.6 is 0 Å². The maximum Gasteiger partial charge on any atom is 0.217 e. The van der Waals surface area contributed by atoms with Gasteiger partial charge in [0, 0.05) is 11.8 Å². The number of nitrogens with one attached hydrogen (secondary N) is 1. The van der Waals surface area contributed by atoms with Gasteiger partial charge in [0.25, 0.3) is 0 Å². The fraction of sp³-hybridized carbons (Fsp3) is 0.345. The molecule has 0 heterocycles. The molecule has 0 saturated heterocycles. The van der Waals surface area contributed by atoms with Crippen LogP contribution < -0.4 is 5.32 Å². The van der Waals surface area contributed by atoms with E-state index in [0.717, 1.165) is 16.7 Å². The van der Waals surface area contributed by atoms with Crippen LogP contribution in [0.1, 0.15) is 30.0 Å². The molecule has 1 aliphatic rings. The fourth-order valence-corrected chi connectivity index (χ4v) is 4.65. The lowest BCUT2D eigenvalue weighted by molar-refractivity contribution is -0.184. The molecule has 0 spiro atoms. The van der Waals surface area contributed by atoms with Crippen molar-refractivity contribution in [3.8, 4) is 0 Å². The first-order valence-corrected chi connectivity index (χ1v) is 12.4. The van der Waals surface area contributed by atoms with E-state index < -0.39 is 30.4 Å². The summed E-state index contributed by atoms with van der Waals surface area (Å²) in [5.41, 5.74) is 12.3. The molecule has 0 unspecified atom stereocenters. The Kier molecular flexibility index (Phi) is 9.68. The van der Waals surface area contributed by atoms with E-state index in [0.29, 0.717) is 26.2 Å². The molecule has 8 heteroatoms. The summed E-state index contributed by atoms with van der Waals surface area (Å²) in [6, 6.07) is 28.5. The van der Waals surface area contributed by atoms with Crippen molar-refractivity contribution in [3.63, 3.8) is 0 Å². The van der Waals surface area contributed by atoms with Crippen molar-refractivity contribution in [2.75, 3.05) is 0 Å². The number of hydrogen-bond donors (Lipinski definition) is 1. The van der Waals surface area contributed by atoms with Gasteiger partial charge in [-0.3, -0.25) is 4.79 Å². The maximum absolute atomic E-state index is 12.1. The molecule has 3 aromatic carbocycles. The summed E-state index contributed by atoms with van der Waals surface area (Å²) in [7, 11) is 0. The van der Waals surface area contributed by atoms with Gasteiger partial charge in [0.1, 0.15) is 12.2 Å². The number of azide groups is 1. The van der Waals surface area contributed by atoms with Crippen LogP contribution in [0.4, 0.5) is 0 Å². The van der Waals surface area contributed by atoms with Crippen LogP contribution in [0, 0.1) is 0 Å². The lowest BCUT2D eigenvalue weighted by atomic mass is 9.83. The normalized spacial score (nSPS) is 23.1. The van der Waals surface area contributed by atoms with Gasteiger partial charge in [-0.1, -0.05) is 96.1 Å². The molecule has 0 aromatic heterocycles. The summed E-state index contributed by atoms with van der Waals surface area (Å²) in [6.07, 6.45) is -1.34. The van der Waals surface area contributed by atoms with Crippen molar-refractivity contribution in [2.45, 2.75) is 63.6 Å². The molecular weight excluding hydrogens is 468 g/mol. The number of benzene rings is 3. The van der Waals surface area contributed by atoms with Gasteiger partial charge in [-0.05, 0) is 28.6 Å². The third-order valence-corrected chi connectivity index (χ3v) is 6.36. The number of rotatable bonds is 11. The Morgan fingerprint density at radius 2 is 1.22 bits per heavy atom. The average Bonchev–Trinajstić information content (AvgIpc) is 2.92. The van der Waals surface area contributed by atoms with E-state index in [2.05, 4.69) is 15.3 Å². The summed E-state index contributed by atoms with van der Waals surface area (Å²) in [6.45, 7) is 2.45. The van der Waals surface area contributed by atoms with Crippen molar-refractivity contribution in [2.24, 2.45) is 5.11 Å².